The molecule has 1 aromatic rings. The number of aromatic nitrogens is 2. The summed E-state index contributed by atoms with van der Waals surface area (Å²) in [5.74, 6) is 0.605. The van der Waals surface area contributed by atoms with Gasteiger partial charge in [0.15, 0.2) is 0 Å². The molecule has 0 spiro atoms. The van der Waals surface area contributed by atoms with E-state index in [9.17, 15) is 0 Å². The molecule has 1 aromatic heterocycles. The zero-order chi connectivity index (χ0) is 11.8. The molecule has 3 heteroatoms. The van der Waals surface area contributed by atoms with Gasteiger partial charge < -0.3 is 5.32 Å². The van der Waals surface area contributed by atoms with Crippen LogP contribution in [0, 0.1) is 5.92 Å². The second kappa shape index (κ2) is 7.34. The number of rotatable bonds is 7. The van der Waals surface area contributed by atoms with Crippen LogP contribution in [0.2, 0.25) is 0 Å². The summed E-state index contributed by atoms with van der Waals surface area (Å²) in [4.78, 5) is 8.56. The van der Waals surface area contributed by atoms with E-state index in [4.69, 9.17) is 0 Å². The smallest absolute Gasteiger partial charge is 0.0758 e. The molecule has 0 saturated heterocycles. The fourth-order valence-corrected chi connectivity index (χ4v) is 1.99. The molecule has 1 rings (SSSR count). The van der Waals surface area contributed by atoms with Gasteiger partial charge in [0.2, 0.25) is 0 Å². The van der Waals surface area contributed by atoms with E-state index in [0.717, 1.165) is 18.7 Å². The predicted molar refractivity (Wildman–Crippen MR) is 67.1 cm³/mol. The first-order valence-corrected chi connectivity index (χ1v) is 6.28. The van der Waals surface area contributed by atoms with Crippen LogP contribution in [0.4, 0.5) is 0 Å². The summed E-state index contributed by atoms with van der Waals surface area (Å²) in [6.45, 7) is 7.73. The van der Waals surface area contributed by atoms with E-state index in [2.05, 4.69) is 36.1 Å². The van der Waals surface area contributed by atoms with Crippen molar-refractivity contribution in [2.24, 2.45) is 5.92 Å². The van der Waals surface area contributed by atoms with Gasteiger partial charge in [-0.2, -0.15) is 0 Å². The highest BCUT2D eigenvalue weighted by Crippen LogP contribution is 2.23. The summed E-state index contributed by atoms with van der Waals surface area (Å²) in [5, 5.41) is 3.57. The average Bonchev–Trinajstić information content (AvgIpc) is 2.31. The molecule has 0 radical (unpaired) electrons. The van der Waals surface area contributed by atoms with Crippen LogP contribution in [0.15, 0.2) is 18.6 Å². The third-order valence-electron chi connectivity index (χ3n) is 2.83. The van der Waals surface area contributed by atoms with Crippen LogP contribution in [0.3, 0.4) is 0 Å². The van der Waals surface area contributed by atoms with Crippen molar-refractivity contribution in [3.8, 4) is 0 Å². The predicted octanol–water partition coefficient (Wildman–Crippen LogP) is 2.95. The first-order valence-electron chi connectivity index (χ1n) is 6.28. The van der Waals surface area contributed by atoms with E-state index >= 15 is 0 Å². The fraction of sp³-hybridized carbons (Fsp3) is 0.692. The fourth-order valence-electron chi connectivity index (χ4n) is 1.99. The molecule has 2 unspecified atom stereocenters. The van der Waals surface area contributed by atoms with E-state index in [-0.39, 0.29) is 0 Å². The Balaban J connectivity index is 2.70. The standard InChI is InChI=1S/C13H23N3/c1-4-6-11(3)13(16-7-5-2)12-10-14-8-9-15-12/h8-11,13,16H,4-7H2,1-3H3. The minimum Gasteiger partial charge on any atom is -0.308 e. The maximum absolute atomic E-state index is 4.41. The molecule has 0 saturated carbocycles. The quantitative estimate of drug-likeness (QED) is 0.769. The molecule has 1 heterocycles. The Morgan fingerprint density at radius 3 is 2.62 bits per heavy atom. The van der Waals surface area contributed by atoms with Crippen LogP contribution in [0.5, 0.6) is 0 Å². The Labute approximate surface area is 98.7 Å². The zero-order valence-electron chi connectivity index (χ0n) is 10.6. The molecule has 90 valence electrons. The molecule has 0 aliphatic heterocycles. The minimum atomic E-state index is 0.341. The van der Waals surface area contributed by atoms with Gasteiger partial charge in [0.05, 0.1) is 11.7 Å². The first kappa shape index (κ1) is 13.1. The maximum Gasteiger partial charge on any atom is 0.0758 e. The summed E-state index contributed by atoms with van der Waals surface area (Å²) in [6.07, 6.45) is 8.96. The van der Waals surface area contributed by atoms with Gasteiger partial charge in [-0.05, 0) is 25.3 Å². The molecule has 0 amide bonds. The monoisotopic (exact) mass is 221 g/mol. The molecular formula is C13H23N3. The lowest BCUT2D eigenvalue weighted by Gasteiger charge is -2.24. The number of nitrogens with one attached hydrogen (secondary N) is 1. The molecular weight excluding hydrogens is 198 g/mol. The summed E-state index contributed by atoms with van der Waals surface area (Å²) in [7, 11) is 0. The molecule has 16 heavy (non-hydrogen) atoms. The van der Waals surface area contributed by atoms with Crippen LogP contribution in [0.1, 0.15) is 51.8 Å². The van der Waals surface area contributed by atoms with Crippen LogP contribution in [-0.4, -0.2) is 16.5 Å². The zero-order valence-corrected chi connectivity index (χ0v) is 10.6. The van der Waals surface area contributed by atoms with Gasteiger partial charge in [0.25, 0.3) is 0 Å². The van der Waals surface area contributed by atoms with Crippen molar-refractivity contribution in [3.63, 3.8) is 0 Å². The van der Waals surface area contributed by atoms with Crippen LogP contribution >= 0.6 is 0 Å². The second-order valence-electron chi connectivity index (χ2n) is 4.33. The van der Waals surface area contributed by atoms with Gasteiger partial charge in [-0.1, -0.05) is 27.2 Å². The first-order chi connectivity index (χ1) is 7.79. The highest BCUT2D eigenvalue weighted by molar-refractivity contribution is 5.03. The molecule has 0 fully saturated rings. The molecule has 0 aromatic carbocycles. The van der Waals surface area contributed by atoms with E-state index < -0.39 is 0 Å². The summed E-state index contributed by atoms with van der Waals surface area (Å²) >= 11 is 0. The van der Waals surface area contributed by atoms with Crippen LogP contribution in [-0.2, 0) is 0 Å². The Kier molecular flexibility index (Phi) is 6.01. The van der Waals surface area contributed by atoms with E-state index in [0.29, 0.717) is 12.0 Å². The van der Waals surface area contributed by atoms with Gasteiger partial charge in [-0.15, -0.1) is 0 Å². The Bertz CT molecular complexity index is 274. The third-order valence-corrected chi connectivity index (χ3v) is 2.83. The lowest BCUT2D eigenvalue weighted by atomic mass is 9.94. The van der Waals surface area contributed by atoms with Crippen LogP contribution < -0.4 is 5.32 Å². The minimum absolute atomic E-state index is 0.341. The lowest BCUT2D eigenvalue weighted by molar-refractivity contribution is 0.356. The van der Waals surface area contributed by atoms with Gasteiger partial charge in [0, 0.05) is 18.6 Å². The molecule has 1 N–H and O–H groups in total. The molecule has 3 nitrogen and oxygen atoms in total. The Morgan fingerprint density at radius 1 is 1.25 bits per heavy atom. The second-order valence-corrected chi connectivity index (χ2v) is 4.33. The normalized spacial score (nSPS) is 14.7. The van der Waals surface area contributed by atoms with Crippen molar-refractivity contribution < 1.29 is 0 Å². The summed E-state index contributed by atoms with van der Waals surface area (Å²) in [5.41, 5.74) is 1.07. The van der Waals surface area contributed by atoms with Crippen molar-refractivity contribution in [3.05, 3.63) is 24.3 Å². The molecule has 0 aliphatic carbocycles. The Morgan fingerprint density at radius 2 is 2.06 bits per heavy atom. The average molecular weight is 221 g/mol. The number of hydrogen-bond acceptors (Lipinski definition) is 3. The van der Waals surface area contributed by atoms with Crippen molar-refractivity contribution >= 4 is 0 Å². The molecule has 0 bridgehead atoms. The van der Waals surface area contributed by atoms with Gasteiger partial charge in [-0.25, -0.2) is 0 Å². The van der Waals surface area contributed by atoms with Crippen LogP contribution in [0.25, 0.3) is 0 Å². The number of hydrogen-bond donors (Lipinski definition) is 1. The highest BCUT2D eigenvalue weighted by Gasteiger charge is 2.18. The van der Waals surface area contributed by atoms with Gasteiger partial charge >= 0.3 is 0 Å². The number of nitrogens with zero attached hydrogens (tertiary/aromatic N) is 2. The van der Waals surface area contributed by atoms with Crippen molar-refractivity contribution in [2.45, 2.75) is 46.1 Å². The topological polar surface area (TPSA) is 37.8 Å². The van der Waals surface area contributed by atoms with E-state index in [1.807, 2.05) is 6.20 Å². The molecule has 2 atom stereocenters. The maximum atomic E-state index is 4.41. The SMILES string of the molecule is CCCNC(c1cnccn1)C(C)CCC. The Hall–Kier alpha value is -0.960. The third kappa shape index (κ3) is 3.89. The van der Waals surface area contributed by atoms with E-state index in [1.54, 1.807) is 12.4 Å². The van der Waals surface area contributed by atoms with Crippen molar-refractivity contribution in [1.82, 2.24) is 15.3 Å². The highest BCUT2D eigenvalue weighted by atomic mass is 15.0. The molecule has 0 aliphatic rings. The summed E-state index contributed by atoms with van der Waals surface area (Å²) in [6, 6.07) is 0.341. The van der Waals surface area contributed by atoms with E-state index in [1.165, 1.54) is 12.8 Å². The summed E-state index contributed by atoms with van der Waals surface area (Å²) < 4.78 is 0. The van der Waals surface area contributed by atoms with Gasteiger partial charge in [-0.3, -0.25) is 9.97 Å². The largest absolute Gasteiger partial charge is 0.308 e. The van der Waals surface area contributed by atoms with Crippen molar-refractivity contribution in [2.75, 3.05) is 6.54 Å². The van der Waals surface area contributed by atoms with Gasteiger partial charge in [0.1, 0.15) is 0 Å². The van der Waals surface area contributed by atoms with Crippen molar-refractivity contribution in [1.29, 1.82) is 0 Å². The lowest BCUT2D eigenvalue weighted by Crippen LogP contribution is -2.28.